The van der Waals surface area contributed by atoms with Gasteiger partial charge < -0.3 is 5.11 Å². The van der Waals surface area contributed by atoms with Gasteiger partial charge in [0.05, 0.1) is 0 Å². The summed E-state index contributed by atoms with van der Waals surface area (Å²) in [6.45, 7) is 2.50. The number of halogens is 3. The van der Waals surface area contributed by atoms with E-state index in [-0.39, 0.29) is 5.56 Å². The predicted molar refractivity (Wildman–Crippen MR) is 44.3 cm³/mol. The number of nitrogens with zero attached hydrogens (tertiary/aromatic N) is 2. The standard InChI is InChI=1S/C8H9F3N2O2/c1-4-3-13(5(2)7(14)15)12-6(4)8(9,10)11/h3,5H,1-2H3,(H,14,15)/t5-/m1/s1. The fourth-order valence-electron chi connectivity index (χ4n) is 1.07. The summed E-state index contributed by atoms with van der Waals surface area (Å²) in [7, 11) is 0. The van der Waals surface area contributed by atoms with Crippen LogP contribution < -0.4 is 0 Å². The number of aliphatic carboxylic acids is 1. The molecule has 1 rings (SSSR count). The van der Waals surface area contributed by atoms with Crippen molar-refractivity contribution in [1.29, 1.82) is 0 Å². The molecule has 4 nitrogen and oxygen atoms in total. The lowest BCUT2D eigenvalue weighted by Crippen LogP contribution is -2.17. The summed E-state index contributed by atoms with van der Waals surface area (Å²) < 4.78 is 37.7. The fraction of sp³-hybridized carbons (Fsp3) is 0.500. The van der Waals surface area contributed by atoms with Crippen molar-refractivity contribution in [2.24, 2.45) is 0 Å². The Bertz CT molecular complexity index is 384. The van der Waals surface area contributed by atoms with Crippen LogP contribution in [0, 0.1) is 6.92 Å². The maximum Gasteiger partial charge on any atom is 0.435 e. The highest BCUT2D eigenvalue weighted by Gasteiger charge is 2.36. The summed E-state index contributed by atoms with van der Waals surface area (Å²) >= 11 is 0. The normalized spacial score (nSPS) is 13.9. The van der Waals surface area contributed by atoms with Crippen LogP contribution in [-0.2, 0) is 11.0 Å². The van der Waals surface area contributed by atoms with E-state index in [0.717, 1.165) is 10.9 Å². The van der Waals surface area contributed by atoms with Crippen molar-refractivity contribution in [2.75, 3.05) is 0 Å². The summed E-state index contributed by atoms with van der Waals surface area (Å²) in [6.07, 6.45) is -3.48. The molecule has 1 N–H and O–H groups in total. The van der Waals surface area contributed by atoms with E-state index in [1.54, 1.807) is 0 Å². The van der Waals surface area contributed by atoms with Crippen LogP contribution in [0.3, 0.4) is 0 Å². The fourth-order valence-corrected chi connectivity index (χ4v) is 1.07. The molecule has 0 fully saturated rings. The maximum absolute atomic E-state index is 12.3. The molecule has 0 aliphatic rings. The molecule has 1 aromatic rings. The van der Waals surface area contributed by atoms with E-state index in [2.05, 4.69) is 5.10 Å². The van der Waals surface area contributed by atoms with Gasteiger partial charge in [-0.1, -0.05) is 0 Å². The minimum Gasteiger partial charge on any atom is -0.480 e. The highest BCUT2D eigenvalue weighted by molar-refractivity contribution is 5.71. The van der Waals surface area contributed by atoms with E-state index < -0.39 is 23.9 Å². The molecule has 0 unspecified atom stereocenters. The molecule has 0 aromatic carbocycles. The number of carboxylic acid groups (broad SMARTS) is 1. The van der Waals surface area contributed by atoms with Gasteiger partial charge in [0.15, 0.2) is 5.69 Å². The van der Waals surface area contributed by atoms with Gasteiger partial charge in [-0.05, 0) is 19.4 Å². The van der Waals surface area contributed by atoms with Crippen molar-refractivity contribution >= 4 is 5.97 Å². The first-order valence-electron chi connectivity index (χ1n) is 4.09. The van der Waals surface area contributed by atoms with Gasteiger partial charge in [0.2, 0.25) is 0 Å². The smallest absolute Gasteiger partial charge is 0.435 e. The third-order valence-corrected chi connectivity index (χ3v) is 1.94. The first-order valence-corrected chi connectivity index (χ1v) is 4.09. The molecule has 1 heterocycles. The predicted octanol–water partition coefficient (Wildman–Crippen LogP) is 1.86. The van der Waals surface area contributed by atoms with Crippen LogP contribution >= 0.6 is 0 Å². The van der Waals surface area contributed by atoms with E-state index in [9.17, 15) is 18.0 Å². The van der Waals surface area contributed by atoms with Gasteiger partial charge in [-0.15, -0.1) is 0 Å². The minimum atomic E-state index is -4.55. The first kappa shape index (κ1) is 11.5. The molecule has 0 aliphatic carbocycles. The lowest BCUT2D eigenvalue weighted by Gasteiger charge is -2.06. The quantitative estimate of drug-likeness (QED) is 0.830. The molecule has 0 aliphatic heterocycles. The second kappa shape index (κ2) is 3.56. The molecule has 0 radical (unpaired) electrons. The van der Waals surface area contributed by atoms with Gasteiger partial charge in [-0.25, -0.2) is 4.79 Å². The Morgan fingerprint density at radius 2 is 2.13 bits per heavy atom. The largest absolute Gasteiger partial charge is 0.480 e. The Morgan fingerprint density at radius 3 is 2.47 bits per heavy atom. The van der Waals surface area contributed by atoms with Crippen LogP contribution in [0.4, 0.5) is 13.2 Å². The number of alkyl halides is 3. The van der Waals surface area contributed by atoms with Crippen molar-refractivity contribution < 1.29 is 23.1 Å². The number of aromatic nitrogens is 2. The molecule has 0 amide bonds. The summed E-state index contributed by atoms with van der Waals surface area (Å²) in [5.41, 5.74) is -1.13. The number of carbonyl (C=O) groups is 1. The van der Waals surface area contributed by atoms with Crippen molar-refractivity contribution in [3.05, 3.63) is 17.5 Å². The molecule has 0 spiro atoms. The third kappa shape index (κ3) is 2.28. The highest BCUT2D eigenvalue weighted by Crippen LogP contribution is 2.30. The molecule has 15 heavy (non-hydrogen) atoms. The second-order valence-electron chi connectivity index (χ2n) is 3.15. The number of hydrogen-bond acceptors (Lipinski definition) is 2. The molecule has 1 atom stereocenters. The molecule has 1 aromatic heterocycles. The Labute approximate surface area is 83.3 Å². The zero-order chi connectivity index (χ0) is 11.8. The van der Waals surface area contributed by atoms with Crippen LogP contribution in [-0.4, -0.2) is 20.9 Å². The van der Waals surface area contributed by atoms with Gasteiger partial charge in [-0.2, -0.15) is 18.3 Å². The van der Waals surface area contributed by atoms with Gasteiger partial charge in [0.25, 0.3) is 0 Å². The minimum absolute atomic E-state index is 0.0874. The van der Waals surface area contributed by atoms with Crippen molar-refractivity contribution in [3.8, 4) is 0 Å². The van der Waals surface area contributed by atoms with Crippen LogP contribution in [0.2, 0.25) is 0 Å². The third-order valence-electron chi connectivity index (χ3n) is 1.94. The monoisotopic (exact) mass is 222 g/mol. The summed E-state index contributed by atoms with van der Waals surface area (Å²) in [5, 5.41) is 11.8. The van der Waals surface area contributed by atoms with Crippen molar-refractivity contribution in [3.63, 3.8) is 0 Å². The van der Waals surface area contributed by atoms with E-state index >= 15 is 0 Å². The van der Waals surface area contributed by atoms with E-state index in [1.807, 2.05) is 0 Å². The van der Waals surface area contributed by atoms with Crippen LogP contribution in [0.25, 0.3) is 0 Å². The summed E-state index contributed by atoms with van der Waals surface area (Å²) in [6, 6.07) is -1.11. The van der Waals surface area contributed by atoms with Gasteiger partial charge >= 0.3 is 12.1 Å². The Balaban J connectivity index is 3.11. The number of hydrogen-bond donors (Lipinski definition) is 1. The molecule has 7 heteroatoms. The molecule has 0 bridgehead atoms. The lowest BCUT2D eigenvalue weighted by atomic mass is 10.3. The van der Waals surface area contributed by atoms with Crippen LogP contribution in [0.1, 0.15) is 24.2 Å². The zero-order valence-electron chi connectivity index (χ0n) is 8.04. The highest BCUT2D eigenvalue weighted by atomic mass is 19.4. The number of rotatable bonds is 2. The second-order valence-corrected chi connectivity index (χ2v) is 3.15. The van der Waals surface area contributed by atoms with E-state index in [0.29, 0.717) is 0 Å². The van der Waals surface area contributed by atoms with E-state index in [1.165, 1.54) is 13.8 Å². The Morgan fingerprint density at radius 1 is 1.60 bits per heavy atom. The molecular weight excluding hydrogens is 213 g/mol. The average molecular weight is 222 g/mol. The van der Waals surface area contributed by atoms with Gasteiger partial charge in [0, 0.05) is 6.20 Å². The molecule has 0 saturated heterocycles. The van der Waals surface area contributed by atoms with Gasteiger partial charge in [-0.3, -0.25) is 4.68 Å². The Hall–Kier alpha value is -1.53. The molecule has 0 saturated carbocycles. The maximum atomic E-state index is 12.3. The lowest BCUT2D eigenvalue weighted by molar-refractivity contribution is -0.144. The van der Waals surface area contributed by atoms with Crippen molar-refractivity contribution in [1.82, 2.24) is 9.78 Å². The number of aryl methyl sites for hydroxylation is 1. The van der Waals surface area contributed by atoms with Crippen LogP contribution in [0.5, 0.6) is 0 Å². The first-order chi connectivity index (χ1) is 6.73. The zero-order valence-corrected chi connectivity index (χ0v) is 8.04. The van der Waals surface area contributed by atoms with Crippen LogP contribution in [0.15, 0.2) is 6.20 Å². The number of carboxylic acids is 1. The SMILES string of the molecule is Cc1cn([C@H](C)C(=O)O)nc1C(F)(F)F. The summed E-state index contributed by atoms with van der Waals surface area (Å²) in [5.74, 6) is -1.23. The summed E-state index contributed by atoms with van der Waals surface area (Å²) in [4.78, 5) is 10.5. The Kier molecular flexibility index (Phi) is 2.74. The van der Waals surface area contributed by atoms with E-state index in [4.69, 9.17) is 5.11 Å². The average Bonchev–Trinajstić information content (AvgIpc) is 2.44. The van der Waals surface area contributed by atoms with Gasteiger partial charge in [0.1, 0.15) is 6.04 Å². The molecular formula is C8H9F3N2O2. The topological polar surface area (TPSA) is 55.1 Å². The molecule has 84 valence electrons. The van der Waals surface area contributed by atoms with Crippen molar-refractivity contribution in [2.45, 2.75) is 26.1 Å².